The molecule has 1 aromatic rings. The van der Waals surface area contributed by atoms with Crippen LogP contribution in [0.25, 0.3) is 0 Å². The van der Waals surface area contributed by atoms with E-state index in [-0.39, 0.29) is 17.4 Å². The summed E-state index contributed by atoms with van der Waals surface area (Å²) >= 11 is 0. The molecule has 0 N–H and O–H groups in total. The first-order chi connectivity index (χ1) is 11.1. The number of rotatable bonds is 5. The molecule has 1 amide bonds. The van der Waals surface area contributed by atoms with E-state index in [0.29, 0.717) is 18.8 Å². The minimum Gasteiger partial charge on any atom is -0.484 e. The van der Waals surface area contributed by atoms with Crippen LogP contribution in [0.3, 0.4) is 0 Å². The molecule has 1 aromatic carbocycles. The van der Waals surface area contributed by atoms with Crippen LogP contribution in [0.15, 0.2) is 29.2 Å². The van der Waals surface area contributed by atoms with Crippen molar-refractivity contribution < 1.29 is 17.9 Å². The van der Waals surface area contributed by atoms with Gasteiger partial charge in [-0.25, -0.2) is 8.42 Å². The first-order valence-electron chi connectivity index (χ1n) is 8.08. The Labute approximate surface area is 137 Å². The van der Waals surface area contributed by atoms with Crippen LogP contribution >= 0.6 is 0 Å². The Kier molecular flexibility index (Phi) is 4.87. The Hall–Kier alpha value is -1.60. The summed E-state index contributed by atoms with van der Waals surface area (Å²) in [5.41, 5.74) is 0. The van der Waals surface area contributed by atoms with E-state index < -0.39 is 10.0 Å². The van der Waals surface area contributed by atoms with Gasteiger partial charge in [0.1, 0.15) is 5.75 Å². The minimum atomic E-state index is -3.40. The van der Waals surface area contributed by atoms with Gasteiger partial charge in [-0.3, -0.25) is 4.79 Å². The third-order valence-corrected chi connectivity index (χ3v) is 6.26. The molecule has 2 fully saturated rings. The molecule has 2 aliphatic heterocycles. The van der Waals surface area contributed by atoms with Crippen LogP contribution in [0.2, 0.25) is 0 Å². The summed E-state index contributed by atoms with van der Waals surface area (Å²) in [6.45, 7) is 2.78. The number of amides is 1. The monoisotopic (exact) mass is 338 g/mol. The number of carbonyl (C=O) groups excluding carboxylic acids is 1. The Bertz CT molecular complexity index is 645. The largest absolute Gasteiger partial charge is 0.484 e. The summed E-state index contributed by atoms with van der Waals surface area (Å²) in [6, 6.07) is 6.31. The van der Waals surface area contributed by atoms with Crippen molar-refractivity contribution in [3.63, 3.8) is 0 Å². The highest BCUT2D eigenvalue weighted by molar-refractivity contribution is 7.89. The summed E-state index contributed by atoms with van der Waals surface area (Å²) in [7, 11) is -3.40. The lowest BCUT2D eigenvalue weighted by molar-refractivity contribution is -0.132. The number of ether oxygens (including phenoxy) is 1. The first-order valence-corrected chi connectivity index (χ1v) is 9.52. The van der Waals surface area contributed by atoms with Crippen molar-refractivity contribution in [2.45, 2.75) is 30.6 Å². The van der Waals surface area contributed by atoms with Crippen LogP contribution < -0.4 is 4.74 Å². The standard InChI is InChI=1S/C16H22N2O4S/c19-16(17-9-1-2-10-17)13-22-14-5-7-15(8-6-14)23(20,21)18-11-3-4-12-18/h5-8H,1-4,9-13H2. The Balaban J connectivity index is 1.59. The second-order valence-electron chi connectivity index (χ2n) is 5.96. The molecule has 0 spiro atoms. The molecule has 0 radical (unpaired) electrons. The fraction of sp³-hybridized carbons (Fsp3) is 0.562. The van der Waals surface area contributed by atoms with Gasteiger partial charge in [0.05, 0.1) is 4.90 Å². The molecule has 3 rings (SSSR count). The molecule has 0 saturated carbocycles. The number of nitrogens with zero attached hydrogens (tertiary/aromatic N) is 2. The zero-order chi connectivity index (χ0) is 16.3. The second-order valence-corrected chi connectivity index (χ2v) is 7.90. The lowest BCUT2D eigenvalue weighted by atomic mass is 10.3. The van der Waals surface area contributed by atoms with Crippen molar-refractivity contribution in [2.75, 3.05) is 32.8 Å². The van der Waals surface area contributed by atoms with Gasteiger partial charge < -0.3 is 9.64 Å². The maximum Gasteiger partial charge on any atom is 0.260 e. The molecule has 126 valence electrons. The van der Waals surface area contributed by atoms with Gasteiger partial charge in [0, 0.05) is 26.2 Å². The third-order valence-electron chi connectivity index (χ3n) is 4.35. The van der Waals surface area contributed by atoms with E-state index in [1.165, 1.54) is 4.31 Å². The van der Waals surface area contributed by atoms with E-state index in [2.05, 4.69) is 0 Å². The van der Waals surface area contributed by atoms with Gasteiger partial charge in [-0.15, -0.1) is 0 Å². The maximum absolute atomic E-state index is 12.4. The number of carbonyl (C=O) groups is 1. The molecule has 2 aliphatic rings. The van der Waals surface area contributed by atoms with Crippen LogP contribution in [0, 0.1) is 0 Å². The molecule has 0 atom stereocenters. The van der Waals surface area contributed by atoms with Crippen molar-refractivity contribution in [3.8, 4) is 5.75 Å². The number of hydrogen-bond acceptors (Lipinski definition) is 4. The molecule has 0 aromatic heterocycles. The Morgan fingerprint density at radius 2 is 1.52 bits per heavy atom. The van der Waals surface area contributed by atoms with Gasteiger partial charge in [-0.1, -0.05) is 0 Å². The second kappa shape index (κ2) is 6.88. The van der Waals surface area contributed by atoms with E-state index in [4.69, 9.17) is 4.74 Å². The molecule has 0 aliphatic carbocycles. The fourth-order valence-electron chi connectivity index (χ4n) is 2.99. The van der Waals surface area contributed by atoms with E-state index in [0.717, 1.165) is 38.8 Å². The number of sulfonamides is 1. The SMILES string of the molecule is O=C(COc1ccc(S(=O)(=O)N2CCCC2)cc1)N1CCCC1. The average Bonchev–Trinajstić information content (AvgIpc) is 3.25. The number of likely N-dealkylation sites (tertiary alicyclic amines) is 1. The highest BCUT2D eigenvalue weighted by Crippen LogP contribution is 2.23. The molecule has 2 saturated heterocycles. The Morgan fingerprint density at radius 3 is 2.13 bits per heavy atom. The fourth-order valence-corrected chi connectivity index (χ4v) is 4.51. The molecule has 23 heavy (non-hydrogen) atoms. The van der Waals surface area contributed by atoms with E-state index in [9.17, 15) is 13.2 Å². The van der Waals surface area contributed by atoms with Gasteiger partial charge in [-0.2, -0.15) is 4.31 Å². The topological polar surface area (TPSA) is 66.9 Å². The van der Waals surface area contributed by atoms with Crippen LogP contribution in [-0.2, 0) is 14.8 Å². The van der Waals surface area contributed by atoms with E-state index in [1.807, 2.05) is 0 Å². The summed E-state index contributed by atoms with van der Waals surface area (Å²) in [5.74, 6) is 0.495. The first kappa shape index (κ1) is 16.3. The summed E-state index contributed by atoms with van der Waals surface area (Å²) in [4.78, 5) is 14.0. The van der Waals surface area contributed by atoms with Crippen LogP contribution in [0.1, 0.15) is 25.7 Å². The lowest BCUT2D eigenvalue weighted by Crippen LogP contribution is -2.32. The van der Waals surface area contributed by atoms with E-state index in [1.54, 1.807) is 29.2 Å². The van der Waals surface area contributed by atoms with Gasteiger partial charge >= 0.3 is 0 Å². The van der Waals surface area contributed by atoms with Gasteiger partial charge in [0.25, 0.3) is 5.91 Å². The minimum absolute atomic E-state index is 0.00176. The Morgan fingerprint density at radius 1 is 0.957 bits per heavy atom. The molecular formula is C16H22N2O4S. The van der Waals surface area contributed by atoms with Crippen molar-refractivity contribution in [3.05, 3.63) is 24.3 Å². The predicted molar refractivity (Wildman–Crippen MR) is 85.7 cm³/mol. The van der Waals surface area contributed by atoms with Gasteiger partial charge in [0.15, 0.2) is 6.61 Å². The molecule has 0 unspecified atom stereocenters. The summed E-state index contributed by atoms with van der Waals surface area (Å²) in [5, 5.41) is 0. The summed E-state index contributed by atoms with van der Waals surface area (Å²) < 4.78 is 31.8. The average molecular weight is 338 g/mol. The van der Waals surface area contributed by atoms with Crippen molar-refractivity contribution >= 4 is 15.9 Å². The van der Waals surface area contributed by atoms with Crippen LogP contribution in [0.5, 0.6) is 5.75 Å². The third kappa shape index (κ3) is 3.67. The van der Waals surface area contributed by atoms with Crippen molar-refractivity contribution in [1.82, 2.24) is 9.21 Å². The molecular weight excluding hydrogens is 316 g/mol. The summed E-state index contributed by atoms with van der Waals surface area (Å²) in [6.07, 6.45) is 3.93. The zero-order valence-corrected chi connectivity index (χ0v) is 13.9. The normalized spacial score (nSPS) is 19.2. The molecule has 6 nitrogen and oxygen atoms in total. The van der Waals surface area contributed by atoms with E-state index >= 15 is 0 Å². The highest BCUT2D eigenvalue weighted by Gasteiger charge is 2.27. The smallest absolute Gasteiger partial charge is 0.260 e. The number of hydrogen-bond donors (Lipinski definition) is 0. The maximum atomic E-state index is 12.4. The quantitative estimate of drug-likeness (QED) is 0.815. The molecule has 7 heteroatoms. The predicted octanol–water partition coefficient (Wildman–Crippen LogP) is 1.47. The highest BCUT2D eigenvalue weighted by atomic mass is 32.2. The van der Waals surface area contributed by atoms with Crippen molar-refractivity contribution in [2.24, 2.45) is 0 Å². The molecule has 2 heterocycles. The van der Waals surface area contributed by atoms with Gasteiger partial charge in [0.2, 0.25) is 10.0 Å². The molecule has 0 bridgehead atoms. The van der Waals surface area contributed by atoms with Crippen LogP contribution in [-0.4, -0.2) is 56.3 Å². The van der Waals surface area contributed by atoms with Crippen LogP contribution in [0.4, 0.5) is 0 Å². The lowest BCUT2D eigenvalue weighted by Gasteiger charge is -2.17. The number of benzene rings is 1. The van der Waals surface area contributed by atoms with Crippen molar-refractivity contribution in [1.29, 1.82) is 0 Å². The zero-order valence-electron chi connectivity index (χ0n) is 13.1. The van der Waals surface area contributed by atoms with Gasteiger partial charge in [-0.05, 0) is 49.9 Å².